The van der Waals surface area contributed by atoms with Gasteiger partial charge in [-0.15, -0.1) is 16.8 Å². The minimum Gasteiger partial charge on any atom is -0.485 e. The van der Waals surface area contributed by atoms with Gasteiger partial charge in [0.25, 0.3) is 5.91 Å². The van der Waals surface area contributed by atoms with E-state index in [-0.39, 0.29) is 12.4 Å². The third-order valence-electron chi connectivity index (χ3n) is 4.94. The molecule has 0 radical (unpaired) electrons. The molecule has 178 valence electrons. The zero-order chi connectivity index (χ0) is 24.7. The Bertz CT molecular complexity index is 1180. The van der Waals surface area contributed by atoms with Crippen molar-refractivity contribution in [2.75, 3.05) is 5.75 Å². The molecule has 0 fully saturated rings. The predicted octanol–water partition coefficient (Wildman–Crippen LogP) is 5.18. The van der Waals surface area contributed by atoms with Crippen LogP contribution in [-0.2, 0) is 17.9 Å². The van der Waals surface area contributed by atoms with E-state index in [0.29, 0.717) is 34.0 Å². The molecule has 0 saturated heterocycles. The van der Waals surface area contributed by atoms with Gasteiger partial charge < -0.3 is 4.74 Å². The van der Waals surface area contributed by atoms with Crippen LogP contribution in [0.25, 0.3) is 0 Å². The maximum atomic E-state index is 12.3. The number of hydrogen-bond donors (Lipinski definition) is 1. The van der Waals surface area contributed by atoms with Gasteiger partial charge in [0, 0.05) is 17.1 Å². The summed E-state index contributed by atoms with van der Waals surface area (Å²) in [7, 11) is 0. The van der Waals surface area contributed by atoms with Crippen LogP contribution in [0.3, 0.4) is 0 Å². The molecular weight excluding hydrogens is 472 g/mol. The lowest BCUT2D eigenvalue weighted by atomic mass is 10.0. The summed E-state index contributed by atoms with van der Waals surface area (Å²) in [6.45, 7) is 10.8. The van der Waals surface area contributed by atoms with Crippen LogP contribution in [0, 0.1) is 6.92 Å². The van der Waals surface area contributed by atoms with Gasteiger partial charge in [-0.1, -0.05) is 55.4 Å². The largest absolute Gasteiger partial charge is 0.485 e. The van der Waals surface area contributed by atoms with Gasteiger partial charge in [0.05, 0.1) is 5.75 Å². The Morgan fingerprint density at radius 2 is 1.94 bits per heavy atom. The van der Waals surface area contributed by atoms with Crippen LogP contribution >= 0.6 is 23.4 Å². The fourth-order valence-corrected chi connectivity index (χ4v) is 4.09. The van der Waals surface area contributed by atoms with Gasteiger partial charge in [0.1, 0.15) is 12.4 Å². The molecule has 0 aliphatic carbocycles. The van der Waals surface area contributed by atoms with Crippen LogP contribution in [0.15, 0.2) is 60.3 Å². The lowest BCUT2D eigenvalue weighted by molar-refractivity contribution is -0.117. The van der Waals surface area contributed by atoms with Gasteiger partial charge in [0.15, 0.2) is 11.0 Å². The molecule has 0 bridgehead atoms. The van der Waals surface area contributed by atoms with Crippen molar-refractivity contribution in [3.8, 4) is 5.75 Å². The molecule has 0 saturated carbocycles. The number of amides is 2. The number of benzene rings is 2. The summed E-state index contributed by atoms with van der Waals surface area (Å²) in [6, 6.07) is 12.5. The zero-order valence-corrected chi connectivity index (χ0v) is 20.9. The van der Waals surface area contributed by atoms with Gasteiger partial charge in [0.2, 0.25) is 5.91 Å². The number of ether oxygens (including phenoxy) is 1. The maximum Gasteiger partial charge on any atom is 0.257 e. The van der Waals surface area contributed by atoms with Crippen LogP contribution in [-0.4, -0.2) is 32.3 Å². The quantitative estimate of drug-likeness (QED) is 0.306. The number of halogens is 1. The highest BCUT2D eigenvalue weighted by molar-refractivity contribution is 7.99. The Balaban J connectivity index is 1.64. The summed E-state index contributed by atoms with van der Waals surface area (Å²) in [5.74, 6) is 0.848. The summed E-state index contributed by atoms with van der Waals surface area (Å²) in [6.07, 6.45) is 1.73. The first kappa shape index (κ1) is 25.5. The number of nitrogens with one attached hydrogen (secondary N) is 1. The number of allylic oxidation sites excluding steroid dienone is 1. The molecule has 9 heteroatoms. The van der Waals surface area contributed by atoms with E-state index in [4.69, 9.17) is 16.3 Å². The number of hydrogen-bond acceptors (Lipinski definition) is 6. The van der Waals surface area contributed by atoms with Crippen LogP contribution in [0.4, 0.5) is 0 Å². The normalized spacial score (nSPS) is 10.9. The van der Waals surface area contributed by atoms with Crippen LogP contribution in [0.2, 0.25) is 5.02 Å². The smallest absolute Gasteiger partial charge is 0.257 e. The van der Waals surface area contributed by atoms with Crippen molar-refractivity contribution in [2.24, 2.45) is 0 Å². The second-order valence-corrected chi connectivity index (χ2v) is 9.33. The Labute approximate surface area is 208 Å². The van der Waals surface area contributed by atoms with Crippen molar-refractivity contribution in [1.29, 1.82) is 0 Å². The van der Waals surface area contributed by atoms with E-state index in [1.54, 1.807) is 30.3 Å². The summed E-state index contributed by atoms with van der Waals surface area (Å²) in [4.78, 5) is 24.5. The van der Waals surface area contributed by atoms with E-state index in [0.717, 1.165) is 16.9 Å². The highest BCUT2D eigenvalue weighted by atomic mass is 35.5. The van der Waals surface area contributed by atoms with E-state index < -0.39 is 11.8 Å². The summed E-state index contributed by atoms with van der Waals surface area (Å²) in [5, 5.41) is 11.9. The lowest BCUT2D eigenvalue weighted by Crippen LogP contribution is -2.31. The first-order chi connectivity index (χ1) is 16.3. The Hall–Kier alpha value is -3.10. The van der Waals surface area contributed by atoms with Crippen molar-refractivity contribution in [2.45, 2.75) is 45.0 Å². The van der Waals surface area contributed by atoms with Crippen molar-refractivity contribution >= 4 is 35.2 Å². The highest BCUT2D eigenvalue weighted by Crippen LogP contribution is 2.28. The number of aromatic nitrogens is 3. The van der Waals surface area contributed by atoms with Crippen molar-refractivity contribution in [3.63, 3.8) is 0 Å². The van der Waals surface area contributed by atoms with Crippen molar-refractivity contribution in [1.82, 2.24) is 20.1 Å². The first-order valence-electron chi connectivity index (χ1n) is 10.8. The molecule has 34 heavy (non-hydrogen) atoms. The SMILES string of the molecule is C=CCn1c(COc2cc(C)ccc2C(C)C)nnc1SCC(=O)NC(=O)c1ccc(Cl)cc1. The number of imide groups is 1. The second kappa shape index (κ2) is 11.9. The Morgan fingerprint density at radius 3 is 2.62 bits per heavy atom. The van der Waals surface area contributed by atoms with Crippen LogP contribution in [0.5, 0.6) is 5.75 Å². The molecule has 3 rings (SSSR count). The number of nitrogens with zero attached hydrogens (tertiary/aromatic N) is 3. The standard InChI is InChI=1S/C25H27ClN4O3S/c1-5-12-30-22(14-33-21-13-17(4)6-11-20(21)16(2)3)28-29-25(30)34-15-23(31)27-24(32)18-7-9-19(26)10-8-18/h5-11,13,16H,1,12,14-15H2,2-4H3,(H,27,31,32). The molecule has 0 unspecified atom stereocenters. The lowest BCUT2D eigenvalue weighted by Gasteiger charge is -2.15. The van der Waals surface area contributed by atoms with Gasteiger partial charge in [-0.05, 0) is 54.3 Å². The minimum absolute atomic E-state index is 0.00480. The van der Waals surface area contributed by atoms with E-state index >= 15 is 0 Å². The average Bonchev–Trinajstić information content (AvgIpc) is 3.18. The molecule has 1 aromatic heterocycles. The molecule has 2 amide bonds. The summed E-state index contributed by atoms with van der Waals surface area (Å²) < 4.78 is 7.95. The van der Waals surface area contributed by atoms with Gasteiger partial charge in [-0.2, -0.15) is 0 Å². The molecular formula is C25H27ClN4O3S. The first-order valence-corrected chi connectivity index (χ1v) is 12.1. The number of aryl methyl sites for hydroxylation is 1. The molecule has 2 aromatic carbocycles. The molecule has 0 aliphatic heterocycles. The summed E-state index contributed by atoms with van der Waals surface area (Å²) >= 11 is 7.02. The van der Waals surface area contributed by atoms with Crippen molar-refractivity contribution in [3.05, 3.63) is 82.7 Å². The average molecular weight is 499 g/mol. The molecule has 0 aliphatic rings. The number of carbonyl (C=O) groups is 2. The minimum atomic E-state index is -0.483. The molecule has 0 spiro atoms. The number of carbonyl (C=O) groups excluding carboxylic acids is 2. The van der Waals surface area contributed by atoms with Crippen LogP contribution in [0.1, 0.15) is 47.1 Å². The van der Waals surface area contributed by atoms with Gasteiger partial charge >= 0.3 is 0 Å². The van der Waals surface area contributed by atoms with E-state index in [1.807, 2.05) is 17.6 Å². The molecule has 1 N–H and O–H groups in total. The monoisotopic (exact) mass is 498 g/mol. The highest BCUT2D eigenvalue weighted by Gasteiger charge is 2.17. The van der Waals surface area contributed by atoms with E-state index in [9.17, 15) is 9.59 Å². The van der Waals surface area contributed by atoms with Crippen molar-refractivity contribution < 1.29 is 14.3 Å². The maximum absolute atomic E-state index is 12.3. The molecule has 0 atom stereocenters. The van der Waals surface area contributed by atoms with Crippen LogP contribution < -0.4 is 10.1 Å². The van der Waals surface area contributed by atoms with E-state index in [2.05, 4.69) is 48.1 Å². The van der Waals surface area contributed by atoms with E-state index in [1.165, 1.54) is 11.8 Å². The third kappa shape index (κ3) is 6.71. The van der Waals surface area contributed by atoms with Gasteiger partial charge in [-0.25, -0.2) is 0 Å². The Morgan fingerprint density at radius 1 is 1.21 bits per heavy atom. The third-order valence-corrected chi connectivity index (χ3v) is 6.16. The number of thioether (sulfide) groups is 1. The molecule has 7 nitrogen and oxygen atoms in total. The molecule has 1 heterocycles. The second-order valence-electron chi connectivity index (χ2n) is 7.96. The molecule has 3 aromatic rings. The fraction of sp³-hybridized carbons (Fsp3) is 0.280. The fourth-order valence-electron chi connectivity index (χ4n) is 3.20. The number of rotatable bonds is 10. The topological polar surface area (TPSA) is 86.1 Å². The zero-order valence-electron chi connectivity index (χ0n) is 19.4. The predicted molar refractivity (Wildman–Crippen MR) is 134 cm³/mol. The summed E-state index contributed by atoms with van der Waals surface area (Å²) in [5.41, 5.74) is 2.59. The van der Waals surface area contributed by atoms with Gasteiger partial charge in [-0.3, -0.25) is 19.5 Å². The Kier molecular flexibility index (Phi) is 8.90.